The van der Waals surface area contributed by atoms with Gasteiger partial charge in [0.15, 0.2) is 0 Å². The third-order valence-electron chi connectivity index (χ3n) is 4.54. The summed E-state index contributed by atoms with van der Waals surface area (Å²) < 4.78 is 52.4. The van der Waals surface area contributed by atoms with E-state index < -0.39 is 17.6 Å². The number of anilines is 1. The maximum absolute atomic E-state index is 13.9. The zero-order valence-corrected chi connectivity index (χ0v) is 17.1. The first kappa shape index (κ1) is 23.0. The number of nitrogens with zero attached hydrogens (tertiary/aromatic N) is 1. The first-order chi connectivity index (χ1) is 15.2. The molecule has 0 saturated carbocycles. The molecule has 3 rings (SSSR count). The average molecular weight is 459 g/mol. The number of nitrogens with one attached hydrogen (secondary N) is 1. The maximum Gasteiger partial charge on any atom is 0.416 e. The fourth-order valence-electron chi connectivity index (χ4n) is 2.93. The van der Waals surface area contributed by atoms with Crippen LogP contribution in [0.2, 0.25) is 5.02 Å². The van der Waals surface area contributed by atoms with E-state index in [1.165, 1.54) is 24.3 Å². The molecule has 1 N–H and O–H groups in total. The van der Waals surface area contributed by atoms with Crippen LogP contribution in [0.5, 0.6) is 0 Å². The maximum atomic E-state index is 13.9. The summed E-state index contributed by atoms with van der Waals surface area (Å²) >= 11 is 6.29. The molecule has 0 radical (unpaired) electrons. The Morgan fingerprint density at radius 2 is 1.78 bits per heavy atom. The molecule has 0 aliphatic rings. The lowest BCUT2D eigenvalue weighted by atomic mass is 10.0. The number of nitriles is 1. The number of halogens is 5. The van der Waals surface area contributed by atoms with Gasteiger partial charge >= 0.3 is 6.18 Å². The number of carbonyl (C=O) groups excluding carboxylic acids is 1. The van der Waals surface area contributed by atoms with E-state index in [-0.39, 0.29) is 23.5 Å². The predicted octanol–water partition coefficient (Wildman–Crippen LogP) is 6.63. The predicted molar refractivity (Wildman–Crippen MR) is 114 cm³/mol. The molecule has 162 valence electrons. The van der Waals surface area contributed by atoms with Gasteiger partial charge in [-0.3, -0.25) is 4.79 Å². The normalized spacial score (nSPS) is 11.7. The Bertz CT molecular complexity index is 1230. The second kappa shape index (κ2) is 9.67. The second-order valence-electron chi connectivity index (χ2n) is 6.82. The summed E-state index contributed by atoms with van der Waals surface area (Å²) in [6.45, 7) is 0. The molecule has 3 nitrogen and oxygen atoms in total. The van der Waals surface area contributed by atoms with Crippen molar-refractivity contribution in [2.24, 2.45) is 0 Å². The zero-order chi connectivity index (χ0) is 23.3. The first-order valence-electron chi connectivity index (χ1n) is 9.29. The monoisotopic (exact) mass is 458 g/mol. The van der Waals surface area contributed by atoms with Crippen LogP contribution in [-0.2, 0) is 17.4 Å². The van der Waals surface area contributed by atoms with Crippen LogP contribution in [0.15, 0.2) is 72.3 Å². The van der Waals surface area contributed by atoms with Crippen molar-refractivity contribution < 1.29 is 22.4 Å². The molecular weight excluding hydrogens is 444 g/mol. The van der Waals surface area contributed by atoms with E-state index in [0.29, 0.717) is 21.7 Å². The minimum Gasteiger partial charge on any atom is -0.321 e. The number of hydrogen-bond donors (Lipinski definition) is 1. The third kappa shape index (κ3) is 5.74. The summed E-state index contributed by atoms with van der Waals surface area (Å²) in [4.78, 5) is 12.4. The lowest BCUT2D eigenvalue weighted by Gasteiger charge is -2.10. The molecule has 0 spiro atoms. The lowest BCUT2D eigenvalue weighted by Crippen LogP contribution is -2.14. The largest absolute Gasteiger partial charge is 0.416 e. The van der Waals surface area contributed by atoms with Crippen molar-refractivity contribution in [1.29, 1.82) is 5.26 Å². The van der Waals surface area contributed by atoms with Gasteiger partial charge in [0.1, 0.15) is 17.5 Å². The van der Waals surface area contributed by atoms with Gasteiger partial charge in [-0.15, -0.1) is 0 Å². The van der Waals surface area contributed by atoms with Gasteiger partial charge in [-0.1, -0.05) is 48.0 Å². The Hall–Kier alpha value is -3.63. The van der Waals surface area contributed by atoms with E-state index in [9.17, 15) is 27.6 Å². The molecular formula is C24H15ClF4N2O. The van der Waals surface area contributed by atoms with Crippen molar-refractivity contribution in [3.05, 3.63) is 105 Å². The first-order valence-corrected chi connectivity index (χ1v) is 9.67. The van der Waals surface area contributed by atoms with Crippen LogP contribution in [0.3, 0.4) is 0 Å². The Morgan fingerprint density at radius 1 is 1.03 bits per heavy atom. The van der Waals surface area contributed by atoms with Crippen molar-refractivity contribution in [2.45, 2.75) is 12.6 Å². The molecule has 8 heteroatoms. The van der Waals surface area contributed by atoms with Crippen molar-refractivity contribution >= 4 is 29.3 Å². The van der Waals surface area contributed by atoms with Crippen LogP contribution in [-0.4, -0.2) is 5.91 Å². The summed E-state index contributed by atoms with van der Waals surface area (Å²) in [5.41, 5.74) is 0.222. The minimum absolute atomic E-state index is 0.0933. The molecule has 0 aliphatic heterocycles. The summed E-state index contributed by atoms with van der Waals surface area (Å²) in [7, 11) is 0. The van der Waals surface area contributed by atoms with Crippen molar-refractivity contribution in [3.63, 3.8) is 0 Å². The Morgan fingerprint density at radius 3 is 2.44 bits per heavy atom. The van der Waals surface area contributed by atoms with E-state index in [0.717, 1.165) is 18.2 Å². The molecule has 0 aliphatic carbocycles. The Labute approximate surface area is 186 Å². The Kier molecular flexibility index (Phi) is 6.96. The topological polar surface area (TPSA) is 52.9 Å². The molecule has 3 aromatic rings. The summed E-state index contributed by atoms with van der Waals surface area (Å²) in [6.07, 6.45) is -3.03. The molecule has 1 amide bonds. The molecule has 0 atom stereocenters. The van der Waals surface area contributed by atoms with Gasteiger partial charge < -0.3 is 5.32 Å². The smallest absolute Gasteiger partial charge is 0.321 e. The number of hydrogen-bond acceptors (Lipinski definition) is 2. The lowest BCUT2D eigenvalue weighted by molar-refractivity contribution is -0.137. The molecule has 0 saturated heterocycles. The highest BCUT2D eigenvalue weighted by atomic mass is 35.5. The molecule has 0 unspecified atom stereocenters. The molecule has 0 bridgehead atoms. The minimum atomic E-state index is -4.56. The number of carbonyl (C=O) groups is 1. The standard InChI is InChI=1S/C24H15ClF4N2O/c25-21-11-15(8-9-16(21)12-17-4-1-2-7-22(17)26)10-18(14-30)23(32)31-20-6-3-5-19(13-20)24(27,28)29/h1-11,13H,12H2,(H,31,32)/b18-10+. The van der Waals surface area contributed by atoms with E-state index in [4.69, 9.17) is 11.6 Å². The number of rotatable bonds is 5. The van der Waals surface area contributed by atoms with Gasteiger partial charge in [-0.2, -0.15) is 18.4 Å². The molecule has 0 aromatic heterocycles. The van der Waals surface area contributed by atoms with E-state index in [2.05, 4.69) is 5.32 Å². The fourth-order valence-corrected chi connectivity index (χ4v) is 3.19. The number of amides is 1. The van der Waals surface area contributed by atoms with Gasteiger partial charge in [0.25, 0.3) is 5.91 Å². The van der Waals surface area contributed by atoms with Gasteiger partial charge in [0.05, 0.1) is 5.56 Å². The van der Waals surface area contributed by atoms with Crippen molar-refractivity contribution in [1.82, 2.24) is 0 Å². The van der Waals surface area contributed by atoms with Gasteiger partial charge in [-0.25, -0.2) is 4.39 Å². The highest BCUT2D eigenvalue weighted by molar-refractivity contribution is 6.31. The van der Waals surface area contributed by atoms with Crippen LogP contribution in [0.4, 0.5) is 23.2 Å². The van der Waals surface area contributed by atoms with E-state index in [1.54, 1.807) is 36.4 Å². The van der Waals surface area contributed by atoms with Crippen LogP contribution < -0.4 is 5.32 Å². The van der Waals surface area contributed by atoms with Gasteiger partial charge in [0, 0.05) is 17.1 Å². The SMILES string of the molecule is N#C/C(=C\c1ccc(Cc2ccccc2F)c(Cl)c1)C(=O)Nc1cccc(C(F)(F)F)c1. The quantitative estimate of drug-likeness (QED) is 0.265. The van der Waals surface area contributed by atoms with Crippen LogP contribution in [0.1, 0.15) is 22.3 Å². The summed E-state index contributed by atoms with van der Waals surface area (Å²) in [6, 6.07) is 16.9. The number of alkyl halides is 3. The van der Waals surface area contributed by atoms with Gasteiger partial charge in [0.2, 0.25) is 0 Å². The van der Waals surface area contributed by atoms with E-state index in [1.807, 2.05) is 0 Å². The van der Waals surface area contributed by atoms with E-state index >= 15 is 0 Å². The summed E-state index contributed by atoms with van der Waals surface area (Å²) in [5, 5.41) is 11.9. The summed E-state index contributed by atoms with van der Waals surface area (Å²) in [5.74, 6) is -1.22. The van der Waals surface area contributed by atoms with Crippen LogP contribution in [0, 0.1) is 17.1 Å². The highest BCUT2D eigenvalue weighted by Crippen LogP contribution is 2.31. The highest BCUT2D eigenvalue weighted by Gasteiger charge is 2.30. The van der Waals surface area contributed by atoms with Crippen LogP contribution in [0.25, 0.3) is 6.08 Å². The van der Waals surface area contributed by atoms with Crippen molar-refractivity contribution in [3.8, 4) is 6.07 Å². The molecule has 0 heterocycles. The zero-order valence-electron chi connectivity index (χ0n) is 16.4. The van der Waals surface area contributed by atoms with Gasteiger partial charge in [-0.05, 0) is 53.1 Å². The fraction of sp³-hybridized carbons (Fsp3) is 0.0833. The van der Waals surface area contributed by atoms with Crippen LogP contribution >= 0.6 is 11.6 Å². The Balaban J connectivity index is 1.79. The molecule has 3 aromatic carbocycles. The third-order valence-corrected chi connectivity index (χ3v) is 4.89. The van der Waals surface area contributed by atoms with Crippen molar-refractivity contribution in [2.75, 3.05) is 5.32 Å². The molecule has 0 fully saturated rings. The average Bonchev–Trinajstić information content (AvgIpc) is 2.74. The second-order valence-corrected chi connectivity index (χ2v) is 7.23. The molecule has 32 heavy (non-hydrogen) atoms. The number of benzene rings is 3.